The number of fused-ring (bicyclic) bond motifs is 2. The van der Waals surface area contributed by atoms with E-state index in [-0.39, 0.29) is 24.8 Å². The monoisotopic (exact) mass is 492 g/mol. The van der Waals surface area contributed by atoms with Gasteiger partial charge in [0.05, 0.1) is 0 Å². The van der Waals surface area contributed by atoms with E-state index in [0.29, 0.717) is 0 Å². The summed E-state index contributed by atoms with van der Waals surface area (Å²) in [6.07, 6.45) is 0. The number of halogens is 2. The summed E-state index contributed by atoms with van der Waals surface area (Å²) in [6.45, 7) is 15.2. The van der Waals surface area contributed by atoms with Crippen LogP contribution in [0.3, 0.4) is 0 Å². The first kappa shape index (κ1) is 31.0. The predicted molar refractivity (Wildman–Crippen MR) is 126 cm³/mol. The van der Waals surface area contributed by atoms with Crippen molar-refractivity contribution in [2.75, 3.05) is 0 Å². The Morgan fingerprint density at radius 3 is 1.74 bits per heavy atom. The number of hydrogen-bond acceptors (Lipinski definition) is 0. The van der Waals surface area contributed by atoms with Gasteiger partial charge >= 0.3 is 30.2 Å². The Kier molecular flexibility index (Phi) is 23.1. The Bertz CT molecular complexity index is 758. The quantitative estimate of drug-likeness (QED) is 0.175. The Hall–Kier alpha value is -0.660. The number of aryl methyl sites for hydroxylation is 1. The Morgan fingerprint density at radius 1 is 0.741 bits per heavy atom. The second-order valence-electron chi connectivity index (χ2n) is 4.82. The molecular weight excluding hydrogens is 466 g/mol. The zero-order valence-corrected chi connectivity index (χ0v) is 21.3. The topological polar surface area (TPSA) is 0 Å². The molecule has 0 heterocycles. The van der Waals surface area contributed by atoms with E-state index >= 15 is 0 Å². The molecule has 0 aliphatic carbocycles. The van der Waals surface area contributed by atoms with Crippen molar-refractivity contribution in [1.29, 1.82) is 0 Å². The molecule has 0 saturated carbocycles. The Morgan fingerprint density at radius 2 is 1.22 bits per heavy atom. The molecule has 0 fully saturated rings. The third-order valence-corrected chi connectivity index (χ3v) is 3.31. The van der Waals surface area contributed by atoms with Crippen molar-refractivity contribution in [1.82, 2.24) is 0 Å². The second-order valence-corrected chi connectivity index (χ2v) is 4.82. The zero-order chi connectivity index (χ0) is 19.1. The van der Waals surface area contributed by atoms with Crippen LogP contribution < -0.4 is 0 Å². The molecule has 0 amide bonds. The molecule has 0 N–H and O–H groups in total. The van der Waals surface area contributed by atoms with Crippen LogP contribution in [0.15, 0.2) is 78.9 Å². The van der Waals surface area contributed by atoms with Crippen LogP contribution in [-0.4, -0.2) is 6.88 Å². The Labute approximate surface area is 194 Å². The predicted octanol–water partition coefficient (Wildman–Crippen LogP) is 7.57. The van der Waals surface area contributed by atoms with Gasteiger partial charge in [0.25, 0.3) is 0 Å². The van der Waals surface area contributed by atoms with Crippen LogP contribution in [0.25, 0.3) is 21.5 Å². The summed E-state index contributed by atoms with van der Waals surface area (Å²) in [4.78, 5) is 0. The molecule has 0 aliphatic heterocycles. The van der Waals surface area contributed by atoms with Gasteiger partial charge in [0, 0.05) is 0 Å². The van der Waals surface area contributed by atoms with Gasteiger partial charge in [0.15, 0.2) is 0 Å². The van der Waals surface area contributed by atoms with Crippen LogP contribution in [0.2, 0.25) is 0 Å². The molecule has 2 radical (unpaired) electrons. The van der Waals surface area contributed by atoms with E-state index in [1.807, 2.05) is 0 Å². The maximum absolute atomic E-state index is 3.25. The van der Waals surface area contributed by atoms with Crippen molar-refractivity contribution < 1.29 is 23.3 Å². The molecule has 0 nitrogen and oxygen atoms in total. The van der Waals surface area contributed by atoms with E-state index < -0.39 is 0 Å². The third-order valence-electron chi connectivity index (χ3n) is 3.31. The summed E-state index contributed by atoms with van der Waals surface area (Å²) in [7, 11) is 0. The zero-order valence-electron chi connectivity index (χ0n) is 16.2. The van der Waals surface area contributed by atoms with Crippen LogP contribution in [0.1, 0.15) is 19.4 Å². The largest absolute Gasteiger partial charge is 0.168 e. The van der Waals surface area contributed by atoms with E-state index in [1.165, 1.54) is 50.4 Å². The van der Waals surface area contributed by atoms with Crippen LogP contribution >= 0.6 is 24.8 Å². The number of rotatable bonds is 0. The average molecular weight is 495 g/mol. The minimum atomic E-state index is 0. The standard InChI is InChI=1S/C10H9.C9H7.2C2H5.2ClH.Si.Zr/c1-8-6-9-4-2-3-5-10(9)7-8;1-2-5-9-7-3-6-8(9)4-1;2*1-2;;;;/h2-7H,1H3;1-7H;2*1H2,2H3;2*1H;;/q4*-1;;;;. The van der Waals surface area contributed by atoms with E-state index in [4.69, 9.17) is 0 Å². The molecule has 27 heavy (non-hydrogen) atoms. The smallest absolute Gasteiger partial charge is 0.0809 e. The van der Waals surface area contributed by atoms with Gasteiger partial charge in [0.1, 0.15) is 0 Å². The second kappa shape index (κ2) is 20.1. The van der Waals surface area contributed by atoms with Gasteiger partial charge in [-0.2, -0.15) is 37.4 Å². The maximum Gasteiger partial charge on any atom is -0.0809 e. The summed E-state index contributed by atoms with van der Waals surface area (Å²) in [5, 5.41) is 5.36. The van der Waals surface area contributed by atoms with Gasteiger partial charge in [-0.3, -0.25) is 0 Å². The molecule has 0 unspecified atom stereocenters. The van der Waals surface area contributed by atoms with Crippen LogP contribution in [-0.2, 0) is 23.3 Å². The van der Waals surface area contributed by atoms with E-state index in [0.717, 1.165) is 0 Å². The summed E-state index contributed by atoms with van der Waals surface area (Å²) in [5.41, 5.74) is 1.35. The minimum Gasteiger partial charge on any atom is -0.168 e. The van der Waals surface area contributed by atoms with E-state index in [2.05, 4.69) is 107 Å². The first-order valence-electron chi connectivity index (χ1n) is 8.22. The van der Waals surface area contributed by atoms with Crippen molar-refractivity contribution in [3.8, 4) is 0 Å². The number of hydrogen-bond donors (Lipinski definition) is 0. The molecule has 0 bridgehead atoms. The number of benzene rings is 2. The van der Waals surface area contributed by atoms with Gasteiger partial charge in [-0.1, -0.05) is 19.1 Å². The molecule has 4 aromatic carbocycles. The Balaban J connectivity index is -0.000000317. The van der Waals surface area contributed by atoms with Crippen LogP contribution in [0, 0.1) is 20.8 Å². The van der Waals surface area contributed by atoms with Crippen LogP contribution in [0.4, 0.5) is 0 Å². The molecule has 4 heteroatoms. The third kappa shape index (κ3) is 11.1. The first-order chi connectivity index (χ1) is 12.3. The van der Waals surface area contributed by atoms with Crippen molar-refractivity contribution in [3.63, 3.8) is 0 Å². The van der Waals surface area contributed by atoms with Crippen molar-refractivity contribution >= 4 is 53.2 Å². The van der Waals surface area contributed by atoms with Crippen molar-refractivity contribution in [2.45, 2.75) is 20.8 Å². The van der Waals surface area contributed by atoms with Crippen molar-refractivity contribution in [3.05, 3.63) is 98.3 Å². The molecule has 146 valence electrons. The molecule has 4 aromatic rings. The molecule has 0 atom stereocenters. The summed E-state index contributed by atoms with van der Waals surface area (Å²) < 4.78 is 0. The van der Waals surface area contributed by atoms with Crippen molar-refractivity contribution in [2.24, 2.45) is 0 Å². The molecule has 0 spiro atoms. The average Bonchev–Trinajstić information content (AvgIpc) is 3.32. The SMILES string of the molecule is Cc1cc2ccccc2[cH-]1.Cl.Cl.[CH2-]C.[CH2-]C.[Si]=[Zr].c1ccc2[cH-]ccc2c1. The molecular formula is C23H28Cl2SiZr-4. The fraction of sp³-hybridized carbons (Fsp3) is 0.130. The molecule has 4 rings (SSSR count). The molecule has 0 saturated heterocycles. The summed E-state index contributed by atoms with van der Waals surface area (Å²) >= 11 is 1.36. The van der Waals surface area contributed by atoms with E-state index in [9.17, 15) is 0 Å². The first-order valence-corrected chi connectivity index (χ1v) is 12.4. The minimum absolute atomic E-state index is 0. The summed E-state index contributed by atoms with van der Waals surface area (Å²) in [6, 6.07) is 27.5. The van der Waals surface area contributed by atoms with Gasteiger partial charge in [0.2, 0.25) is 0 Å². The van der Waals surface area contributed by atoms with Gasteiger partial charge in [-0.25, -0.2) is 0 Å². The maximum atomic E-state index is 3.25. The summed E-state index contributed by atoms with van der Waals surface area (Å²) in [5.74, 6) is 0. The fourth-order valence-electron chi connectivity index (χ4n) is 2.38. The molecule has 0 aromatic heterocycles. The van der Waals surface area contributed by atoms with E-state index in [1.54, 1.807) is 13.8 Å². The van der Waals surface area contributed by atoms with Gasteiger partial charge in [-0.15, -0.1) is 95.1 Å². The fourth-order valence-corrected chi connectivity index (χ4v) is 2.38. The molecule has 0 aliphatic rings. The van der Waals surface area contributed by atoms with Gasteiger partial charge in [-0.05, 0) is 0 Å². The normalized spacial score (nSPS) is 7.85. The van der Waals surface area contributed by atoms with Crippen LogP contribution in [0.5, 0.6) is 0 Å². The van der Waals surface area contributed by atoms with Gasteiger partial charge < -0.3 is 13.8 Å².